The maximum atomic E-state index is 3.14. The van der Waals surface area contributed by atoms with Crippen LogP contribution >= 0.6 is 0 Å². The topological polar surface area (TPSA) is 27.3 Å². The average Bonchev–Trinajstić information content (AvgIpc) is 2.48. The monoisotopic (exact) mass is 177 g/mol. The molecule has 0 saturated carbocycles. The van der Waals surface area contributed by atoms with Crippen molar-refractivity contribution in [1.82, 2.24) is 5.53 Å². The van der Waals surface area contributed by atoms with E-state index in [1.54, 1.807) is 0 Å². The maximum Gasteiger partial charge on any atom is 0.0782 e. The van der Waals surface area contributed by atoms with Crippen LogP contribution in [0, 0.1) is 5.92 Å². The molecule has 0 fully saturated rings. The zero-order valence-electron chi connectivity index (χ0n) is 8.04. The predicted molar refractivity (Wildman–Crippen MR) is 55.4 cm³/mol. The highest BCUT2D eigenvalue weighted by Crippen LogP contribution is 2.28. The fourth-order valence-corrected chi connectivity index (χ4v) is 1.51. The molecule has 70 valence electrons. The number of benzene rings is 1. The molecule has 0 unspecified atom stereocenters. The number of hydrogen-bond acceptors (Lipinski definition) is 3. The van der Waals surface area contributed by atoms with E-state index in [0.29, 0.717) is 5.92 Å². The minimum Gasteiger partial charge on any atom is -0.302 e. The number of nitrogens with one attached hydrogen (secondary N) is 2. The van der Waals surface area contributed by atoms with Gasteiger partial charge in [-0.2, -0.15) is 0 Å². The third-order valence-corrected chi connectivity index (χ3v) is 2.07. The fourth-order valence-electron chi connectivity index (χ4n) is 1.51. The standard InChI is InChI=1S/C10H15N3/c1-8(2)7-13-10-6-4-3-5-9(10)11-12-13/h3-6,8,11-12H,7H2,1-2H3. The predicted octanol–water partition coefficient (Wildman–Crippen LogP) is 1.99. The third kappa shape index (κ3) is 1.60. The largest absolute Gasteiger partial charge is 0.302 e. The van der Waals surface area contributed by atoms with Crippen LogP contribution in [0.25, 0.3) is 0 Å². The van der Waals surface area contributed by atoms with Crippen LogP contribution in [-0.4, -0.2) is 6.54 Å². The Kier molecular flexibility index (Phi) is 2.10. The summed E-state index contributed by atoms with van der Waals surface area (Å²) in [5.41, 5.74) is 8.66. The molecule has 1 heterocycles. The molecule has 0 atom stereocenters. The highest BCUT2D eigenvalue weighted by molar-refractivity contribution is 5.72. The first-order chi connectivity index (χ1) is 6.27. The Morgan fingerprint density at radius 2 is 2.08 bits per heavy atom. The maximum absolute atomic E-state index is 3.14. The van der Waals surface area contributed by atoms with Crippen LogP contribution in [0.5, 0.6) is 0 Å². The molecule has 1 aromatic carbocycles. The van der Waals surface area contributed by atoms with Crippen molar-refractivity contribution >= 4 is 11.4 Å². The van der Waals surface area contributed by atoms with Crippen molar-refractivity contribution in [3.8, 4) is 0 Å². The molecule has 0 radical (unpaired) electrons. The van der Waals surface area contributed by atoms with E-state index in [1.165, 1.54) is 5.69 Å². The van der Waals surface area contributed by atoms with E-state index in [4.69, 9.17) is 0 Å². The van der Waals surface area contributed by atoms with Gasteiger partial charge in [-0.3, -0.25) is 5.01 Å². The first-order valence-corrected chi connectivity index (χ1v) is 4.65. The lowest BCUT2D eigenvalue weighted by Gasteiger charge is -2.19. The lowest BCUT2D eigenvalue weighted by Crippen LogP contribution is -2.38. The van der Waals surface area contributed by atoms with Crippen LogP contribution in [0.4, 0.5) is 11.4 Å². The molecular formula is C10H15N3. The van der Waals surface area contributed by atoms with E-state index in [-0.39, 0.29) is 0 Å². The second-order valence-electron chi connectivity index (χ2n) is 3.76. The molecule has 0 aromatic heterocycles. The number of hydrogen-bond donors (Lipinski definition) is 2. The van der Waals surface area contributed by atoms with Gasteiger partial charge in [0.2, 0.25) is 0 Å². The van der Waals surface area contributed by atoms with Crippen molar-refractivity contribution in [3.63, 3.8) is 0 Å². The Morgan fingerprint density at radius 1 is 1.31 bits per heavy atom. The number of hydrazine groups is 2. The minimum atomic E-state index is 0.653. The summed E-state index contributed by atoms with van der Waals surface area (Å²) in [6.45, 7) is 5.44. The molecule has 1 aliphatic rings. The number of nitrogens with zero attached hydrogens (tertiary/aromatic N) is 1. The van der Waals surface area contributed by atoms with Crippen molar-refractivity contribution in [2.45, 2.75) is 13.8 Å². The van der Waals surface area contributed by atoms with Gasteiger partial charge in [0, 0.05) is 6.54 Å². The van der Waals surface area contributed by atoms with Gasteiger partial charge in [0.15, 0.2) is 0 Å². The van der Waals surface area contributed by atoms with Crippen molar-refractivity contribution in [2.75, 3.05) is 17.0 Å². The van der Waals surface area contributed by atoms with Crippen LogP contribution in [0.2, 0.25) is 0 Å². The molecule has 0 aliphatic carbocycles. The van der Waals surface area contributed by atoms with Crippen molar-refractivity contribution in [1.29, 1.82) is 0 Å². The van der Waals surface area contributed by atoms with Crippen molar-refractivity contribution < 1.29 is 0 Å². The zero-order valence-corrected chi connectivity index (χ0v) is 8.04. The molecule has 0 bridgehead atoms. The van der Waals surface area contributed by atoms with E-state index in [9.17, 15) is 0 Å². The van der Waals surface area contributed by atoms with Gasteiger partial charge in [0.05, 0.1) is 11.4 Å². The normalized spacial score (nSPS) is 14.5. The van der Waals surface area contributed by atoms with Crippen LogP contribution in [0.3, 0.4) is 0 Å². The second-order valence-corrected chi connectivity index (χ2v) is 3.76. The summed E-state index contributed by atoms with van der Waals surface area (Å²) in [6.07, 6.45) is 0. The van der Waals surface area contributed by atoms with E-state index < -0.39 is 0 Å². The summed E-state index contributed by atoms with van der Waals surface area (Å²) in [5.74, 6) is 0.653. The lowest BCUT2D eigenvalue weighted by atomic mass is 10.2. The number of rotatable bonds is 2. The van der Waals surface area contributed by atoms with Crippen LogP contribution in [-0.2, 0) is 0 Å². The first kappa shape index (κ1) is 8.38. The highest BCUT2D eigenvalue weighted by atomic mass is 15.7. The van der Waals surface area contributed by atoms with Crippen molar-refractivity contribution in [3.05, 3.63) is 24.3 Å². The molecule has 3 heteroatoms. The summed E-state index contributed by atoms with van der Waals surface area (Å²) in [7, 11) is 0. The van der Waals surface area contributed by atoms with Crippen LogP contribution in [0.15, 0.2) is 24.3 Å². The average molecular weight is 177 g/mol. The Balaban J connectivity index is 2.18. The molecule has 1 aliphatic heterocycles. The van der Waals surface area contributed by atoms with Gasteiger partial charge in [0.1, 0.15) is 0 Å². The number of para-hydroxylation sites is 2. The van der Waals surface area contributed by atoms with Crippen LogP contribution in [0.1, 0.15) is 13.8 Å². The Bertz CT molecular complexity index is 296. The Hall–Kier alpha value is -1.22. The second kappa shape index (κ2) is 3.26. The van der Waals surface area contributed by atoms with Gasteiger partial charge in [0.25, 0.3) is 0 Å². The molecular weight excluding hydrogens is 162 g/mol. The molecule has 0 saturated heterocycles. The molecule has 2 N–H and O–H groups in total. The molecule has 1 aromatic rings. The molecule has 2 rings (SSSR count). The zero-order chi connectivity index (χ0) is 9.26. The van der Waals surface area contributed by atoms with E-state index in [2.05, 4.69) is 48.0 Å². The summed E-state index contributed by atoms with van der Waals surface area (Å²) in [5, 5.41) is 2.14. The Labute approximate surface area is 78.7 Å². The number of fused-ring (bicyclic) bond motifs is 1. The quantitative estimate of drug-likeness (QED) is 0.723. The third-order valence-electron chi connectivity index (χ3n) is 2.07. The summed E-state index contributed by atoms with van der Waals surface area (Å²) < 4.78 is 0. The summed E-state index contributed by atoms with van der Waals surface area (Å²) in [4.78, 5) is 0. The van der Waals surface area contributed by atoms with Crippen LogP contribution < -0.4 is 16.0 Å². The highest BCUT2D eigenvalue weighted by Gasteiger charge is 2.17. The van der Waals surface area contributed by atoms with Gasteiger partial charge in [-0.1, -0.05) is 26.0 Å². The summed E-state index contributed by atoms with van der Waals surface area (Å²) >= 11 is 0. The van der Waals surface area contributed by atoms with Gasteiger partial charge in [-0.25, -0.2) is 0 Å². The minimum absolute atomic E-state index is 0.653. The summed E-state index contributed by atoms with van der Waals surface area (Å²) in [6, 6.07) is 8.28. The molecule has 3 nitrogen and oxygen atoms in total. The Morgan fingerprint density at radius 3 is 2.85 bits per heavy atom. The SMILES string of the molecule is CC(C)CN1NNc2ccccc21. The van der Waals surface area contributed by atoms with Gasteiger partial charge < -0.3 is 5.43 Å². The van der Waals surface area contributed by atoms with Gasteiger partial charge in [-0.15, -0.1) is 5.53 Å². The number of anilines is 2. The smallest absolute Gasteiger partial charge is 0.0782 e. The first-order valence-electron chi connectivity index (χ1n) is 4.65. The molecule has 13 heavy (non-hydrogen) atoms. The van der Waals surface area contributed by atoms with Gasteiger partial charge >= 0.3 is 0 Å². The fraction of sp³-hybridized carbons (Fsp3) is 0.400. The van der Waals surface area contributed by atoms with Gasteiger partial charge in [-0.05, 0) is 18.1 Å². The van der Waals surface area contributed by atoms with E-state index >= 15 is 0 Å². The lowest BCUT2D eigenvalue weighted by molar-refractivity contribution is 0.584. The van der Waals surface area contributed by atoms with E-state index in [1.807, 2.05) is 6.07 Å². The molecule has 0 amide bonds. The van der Waals surface area contributed by atoms with Crippen molar-refractivity contribution in [2.24, 2.45) is 5.92 Å². The van der Waals surface area contributed by atoms with E-state index in [0.717, 1.165) is 12.2 Å². The molecule has 0 spiro atoms.